The highest BCUT2D eigenvalue weighted by atomic mass is 15.2. The second-order valence-electron chi connectivity index (χ2n) is 5.15. The molecule has 0 fully saturated rings. The van der Waals surface area contributed by atoms with E-state index in [0.717, 1.165) is 24.7 Å². The molecule has 0 amide bonds. The average Bonchev–Trinajstić information content (AvgIpc) is 2.57. The van der Waals surface area contributed by atoms with Crippen LogP contribution in [0.25, 0.3) is 0 Å². The molecule has 3 heteroatoms. The van der Waals surface area contributed by atoms with E-state index in [-0.39, 0.29) is 0 Å². The van der Waals surface area contributed by atoms with E-state index in [1.807, 2.05) is 0 Å². The Bertz CT molecular complexity index is 328. The Labute approximate surface area is 91.7 Å². The Hall–Kier alpha value is -0.990. The van der Waals surface area contributed by atoms with E-state index in [1.54, 1.807) is 0 Å². The van der Waals surface area contributed by atoms with Crippen LogP contribution < -0.4 is 5.32 Å². The lowest BCUT2D eigenvalue weighted by Crippen LogP contribution is -2.14. The van der Waals surface area contributed by atoms with Gasteiger partial charge in [-0.1, -0.05) is 20.8 Å². The lowest BCUT2D eigenvalue weighted by Gasteiger charge is -2.18. The summed E-state index contributed by atoms with van der Waals surface area (Å²) in [7, 11) is 0. The molecule has 1 aliphatic carbocycles. The number of hydrogen-bond donors (Lipinski definition) is 2. The molecule has 2 N–H and O–H groups in total. The van der Waals surface area contributed by atoms with Crippen LogP contribution in [-0.4, -0.2) is 16.7 Å². The van der Waals surface area contributed by atoms with Gasteiger partial charge in [0.1, 0.15) is 0 Å². The van der Waals surface area contributed by atoms with Crippen LogP contribution >= 0.6 is 0 Å². The Morgan fingerprint density at radius 2 is 2.33 bits per heavy atom. The Balaban J connectivity index is 2.09. The van der Waals surface area contributed by atoms with Crippen LogP contribution in [0.15, 0.2) is 0 Å². The van der Waals surface area contributed by atoms with Crippen LogP contribution in [0.5, 0.6) is 0 Å². The van der Waals surface area contributed by atoms with Gasteiger partial charge in [-0.2, -0.15) is 5.10 Å². The Kier molecular flexibility index (Phi) is 2.98. The van der Waals surface area contributed by atoms with Crippen molar-refractivity contribution in [3.8, 4) is 0 Å². The molecule has 0 saturated heterocycles. The largest absolute Gasteiger partial charge is 0.368 e. The average molecular weight is 207 g/mol. The number of rotatable bonds is 3. The van der Waals surface area contributed by atoms with Crippen LogP contribution in [0.2, 0.25) is 0 Å². The van der Waals surface area contributed by atoms with Crippen LogP contribution in [0.4, 0.5) is 5.82 Å². The first-order valence-corrected chi connectivity index (χ1v) is 5.96. The van der Waals surface area contributed by atoms with Gasteiger partial charge in [-0.25, -0.2) is 0 Å². The van der Waals surface area contributed by atoms with E-state index in [9.17, 15) is 0 Å². The number of aromatic nitrogens is 2. The van der Waals surface area contributed by atoms with E-state index < -0.39 is 0 Å². The molecule has 0 aromatic carbocycles. The lowest BCUT2D eigenvalue weighted by atomic mass is 9.89. The zero-order chi connectivity index (χ0) is 10.8. The van der Waals surface area contributed by atoms with E-state index in [4.69, 9.17) is 0 Å². The minimum atomic E-state index is 0.665. The third-order valence-corrected chi connectivity index (χ3v) is 3.07. The molecule has 3 nitrogen and oxygen atoms in total. The van der Waals surface area contributed by atoms with Crippen molar-refractivity contribution in [1.82, 2.24) is 10.2 Å². The van der Waals surface area contributed by atoms with Gasteiger partial charge >= 0.3 is 0 Å². The number of anilines is 1. The molecule has 0 bridgehead atoms. The maximum atomic E-state index is 4.37. The molecule has 0 radical (unpaired) electrons. The fourth-order valence-corrected chi connectivity index (χ4v) is 2.12. The highest BCUT2D eigenvalue weighted by Crippen LogP contribution is 2.28. The van der Waals surface area contributed by atoms with Crippen molar-refractivity contribution in [2.45, 2.75) is 40.0 Å². The third-order valence-electron chi connectivity index (χ3n) is 3.07. The zero-order valence-corrected chi connectivity index (χ0v) is 9.93. The fourth-order valence-electron chi connectivity index (χ4n) is 2.12. The second kappa shape index (κ2) is 4.25. The first-order chi connectivity index (χ1) is 7.16. The minimum absolute atomic E-state index is 0.665. The number of nitrogens with one attached hydrogen (secondary N) is 2. The van der Waals surface area contributed by atoms with E-state index in [0.29, 0.717) is 5.92 Å². The van der Waals surface area contributed by atoms with Crippen LogP contribution in [0.3, 0.4) is 0 Å². The van der Waals surface area contributed by atoms with Crippen molar-refractivity contribution in [2.24, 2.45) is 11.8 Å². The summed E-state index contributed by atoms with van der Waals surface area (Å²) in [6.45, 7) is 7.76. The Morgan fingerprint density at radius 3 is 3.07 bits per heavy atom. The smallest absolute Gasteiger partial charge is 0.151 e. The fraction of sp³-hybridized carbons (Fsp3) is 0.750. The molecule has 0 spiro atoms. The third kappa shape index (κ3) is 2.33. The molecule has 15 heavy (non-hydrogen) atoms. The number of aromatic amines is 1. The van der Waals surface area contributed by atoms with Gasteiger partial charge in [0.2, 0.25) is 0 Å². The lowest BCUT2D eigenvalue weighted by molar-refractivity contribution is 0.498. The molecule has 2 rings (SSSR count). The van der Waals surface area contributed by atoms with Gasteiger partial charge in [-0.3, -0.25) is 5.10 Å². The van der Waals surface area contributed by atoms with Gasteiger partial charge in [0, 0.05) is 17.8 Å². The minimum Gasteiger partial charge on any atom is -0.368 e. The molecule has 1 atom stereocenters. The molecule has 0 aliphatic heterocycles. The molecular formula is C12H21N3. The molecule has 1 heterocycles. The van der Waals surface area contributed by atoms with E-state index in [2.05, 4.69) is 36.3 Å². The van der Waals surface area contributed by atoms with Crippen molar-refractivity contribution in [2.75, 3.05) is 11.9 Å². The highest BCUT2D eigenvalue weighted by molar-refractivity contribution is 5.47. The topological polar surface area (TPSA) is 40.7 Å². The summed E-state index contributed by atoms with van der Waals surface area (Å²) in [6.07, 6.45) is 3.62. The van der Waals surface area contributed by atoms with Crippen LogP contribution in [0, 0.1) is 11.8 Å². The molecule has 0 saturated carbocycles. The van der Waals surface area contributed by atoms with Crippen molar-refractivity contribution in [1.29, 1.82) is 0 Å². The molecule has 1 aliphatic rings. The summed E-state index contributed by atoms with van der Waals surface area (Å²) in [5, 5.41) is 11.0. The van der Waals surface area contributed by atoms with Crippen LogP contribution in [-0.2, 0) is 12.8 Å². The molecule has 1 aromatic heterocycles. The monoisotopic (exact) mass is 207 g/mol. The summed E-state index contributed by atoms with van der Waals surface area (Å²) in [6, 6.07) is 0. The van der Waals surface area contributed by atoms with E-state index >= 15 is 0 Å². The van der Waals surface area contributed by atoms with Crippen molar-refractivity contribution in [3.63, 3.8) is 0 Å². The van der Waals surface area contributed by atoms with E-state index in [1.165, 1.54) is 24.1 Å². The van der Waals surface area contributed by atoms with Gasteiger partial charge in [-0.15, -0.1) is 0 Å². The Morgan fingerprint density at radius 1 is 1.53 bits per heavy atom. The quantitative estimate of drug-likeness (QED) is 0.800. The van der Waals surface area contributed by atoms with Crippen molar-refractivity contribution < 1.29 is 0 Å². The van der Waals surface area contributed by atoms with Gasteiger partial charge in [0.25, 0.3) is 0 Å². The number of nitrogens with zero attached hydrogens (tertiary/aromatic N) is 1. The summed E-state index contributed by atoms with van der Waals surface area (Å²) < 4.78 is 0. The molecule has 84 valence electrons. The summed E-state index contributed by atoms with van der Waals surface area (Å²) in [5.74, 6) is 2.55. The van der Waals surface area contributed by atoms with Gasteiger partial charge in [0.15, 0.2) is 5.82 Å². The summed E-state index contributed by atoms with van der Waals surface area (Å²) in [4.78, 5) is 0. The second-order valence-corrected chi connectivity index (χ2v) is 5.15. The SMILES string of the molecule is CC(C)CNc1n[nH]c2c1CC(C)CC2. The zero-order valence-electron chi connectivity index (χ0n) is 9.93. The first-order valence-electron chi connectivity index (χ1n) is 5.96. The standard InChI is InChI=1S/C12H21N3/c1-8(2)7-13-12-10-6-9(3)4-5-11(10)14-15-12/h8-9H,4-7H2,1-3H3,(H2,13,14,15). The predicted octanol–water partition coefficient (Wildman–Crippen LogP) is 2.60. The van der Waals surface area contributed by atoms with Gasteiger partial charge in [0.05, 0.1) is 0 Å². The maximum Gasteiger partial charge on any atom is 0.151 e. The highest BCUT2D eigenvalue weighted by Gasteiger charge is 2.20. The maximum absolute atomic E-state index is 4.37. The number of hydrogen-bond acceptors (Lipinski definition) is 2. The summed E-state index contributed by atoms with van der Waals surface area (Å²) >= 11 is 0. The predicted molar refractivity (Wildman–Crippen MR) is 63.1 cm³/mol. The van der Waals surface area contributed by atoms with Crippen molar-refractivity contribution in [3.05, 3.63) is 11.3 Å². The first kappa shape index (κ1) is 10.5. The number of H-pyrrole nitrogens is 1. The van der Waals surface area contributed by atoms with Gasteiger partial charge in [-0.05, 0) is 31.1 Å². The van der Waals surface area contributed by atoms with Crippen LogP contribution in [0.1, 0.15) is 38.4 Å². The summed E-state index contributed by atoms with van der Waals surface area (Å²) in [5.41, 5.74) is 2.77. The number of aryl methyl sites for hydroxylation is 1. The molecular weight excluding hydrogens is 186 g/mol. The van der Waals surface area contributed by atoms with Crippen molar-refractivity contribution >= 4 is 5.82 Å². The molecule has 1 unspecified atom stereocenters. The number of fused-ring (bicyclic) bond motifs is 1. The normalized spacial score (nSPS) is 20.4. The molecule has 1 aromatic rings. The van der Waals surface area contributed by atoms with Gasteiger partial charge < -0.3 is 5.32 Å².